The van der Waals surface area contributed by atoms with Gasteiger partial charge in [-0.15, -0.1) is 0 Å². The van der Waals surface area contributed by atoms with Gasteiger partial charge in [0, 0.05) is 4.47 Å². The van der Waals surface area contributed by atoms with Crippen LogP contribution in [0.25, 0.3) is 0 Å². The Bertz CT molecular complexity index is 601. The van der Waals surface area contributed by atoms with Crippen LogP contribution in [0.2, 0.25) is 0 Å². The Morgan fingerprint density at radius 3 is 2.53 bits per heavy atom. The van der Waals surface area contributed by atoms with Crippen molar-refractivity contribution >= 4 is 33.1 Å². The largest absolute Gasteiger partial charge is 0.488 e. The van der Waals surface area contributed by atoms with E-state index in [4.69, 9.17) is 22.7 Å². The zero-order valence-corrected chi connectivity index (χ0v) is 12.3. The van der Waals surface area contributed by atoms with Crippen LogP contribution in [0, 0.1) is 5.82 Å². The molecule has 0 amide bonds. The van der Waals surface area contributed by atoms with Gasteiger partial charge in [0.1, 0.15) is 23.2 Å². The quantitative estimate of drug-likeness (QED) is 0.860. The maximum atomic E-state index is 12.8. The molecule has 0 saturated carbocycles. The molecule has 98 valence electrons. The highest BCUT2D eigenvalue weighted by Gasteiger charge is 2.07. The molecule has 0 saturated heterocycles. The smallest absolute Gasteiger partial charge is 0.130 e. The molecule has 0 atom stereocenters. The standard InChI is InChI=1S/C14H11BrFNOS/c15-10-3-6-13(12(7-10)14(17)19)18-8-9-1-4-11(16)5-2-9/h1-7H,8H2,(H2,17,19). The second-order valence-electron chi connectivity index (χ2n) is 3.92. The molecule has 0 unspecified atom stereocenters. The molecule has 0 aliphatic carbocycles. The molecule has 2 rings (SSSR count). The van der Waals surface area contributed by atoms with Crippen molar-refractivity contribution < 1.29 is 9.13 Å². The van der Waals surface area contributed by atoms with Crippen LogP contribution in [0.5, 0.6) is 5.75 Å². The summed E-state index contributed by atoms with van der Waals surface area (Å²) in [6.07, 6.45) is 0. The molecule has 0 aromatic heterocycles. The van der Waals surface area contributed by atoms with Crippen LogP contribution in [0.15, 0.2) is 46.9 Å². The first kappa shape index (κ1) is 14.0. The number of hydrogen-bond donors (Lipinski definition) is 1. The lowest BCUT2D eigenvalue weighted by molar-refractivity contribution is 0.305. The van der Waals surface area contributed by atoms with Crippen molar-refractivity contribution in [2.24, 2.45) is 5.73 Å². The number of nitrogens with two attached hydrogens (primary N) is 1. The van der Waals surface area contributed by atoms with Crippen molar-refractivity contribution in [3.05, 3.63) is 63.9 Å². The Hall–Kier alpha value is -1.46. The molecule has 2 nitrogen and oxygen atoms in total. The highest BCUT2D eigenvalue weighted by atomic mass is 79.9. The van der Waals surface area contributed by atoms with Crippen molar-refractivity contribution in [1.29, 1.82) is 0 Å². The predicted molar refractivity (Wildman–Crippen MR) is 80.8 cm³/mol. The Kier molecular flexibility index (Phi) is 4.50. The average molecular weight is 340 g/mol. The molecule has 5 heteroatoms. The number of benzene rings is 2. The fraction of sp³-hybridized carbons (Fsp3) is 0.0714. The highest BCUT2D eigenvalue weighted by Crippen LogP contribution is 2.24. The van der Waals surface area contributed by atoms with E-state index in [1.54, 1.807) is 18.2 Å². The van der Waals surface area contributed by atoms with E-state index in [2.05, 4.69) is 15.9 Å². The van der Waals surface area contributed by atoms with Crippen molar-refractivity contribution in [1.82, 2.24) is 0 Å². The summed E-state index contributed by atoms with van der Waals surface area (Å²) in [7, 11) is 0. The Morgan fingerprint density at radius 1 is 1.21 bits per heavy atom. The van der Waals surface area contributed by atoms with Gasteiger partial charge in [0.2, 0.25) is 0 Å². The molecule has 0 bridgehead atoms. The molecular weight excluding hydrogens is 329 g/mol. The van der Waals surface area contributed by atoms with Crippen molar-refractivity contribution in [2.45, 2.75) is 6.61 Å². The summed E-state index contributed by atoms with van der Waals surface area (Å²) in [5.74, 6) is 0.344. The maximum Gasteiger partial charge on any atom is 0.130 e. The molecule has 2 N–H and O–H groups in total. The van der Waals surface area contributed by atoms with Gasteiger partial charge in [-0.05, 0) is 35.9 Å². The van der Waals surface area contributed by atoms with Gasteiger partial charge in [0.05, 0.1) is 5.56 Å². The van der Waals surface area contributed by atoms with Gasteiger partial charge in [0.15, 0.2) is 0 Å². The Morgan fingerprint density at radius 2 is 1.89 bits per heavy atom. The summed E-state index contributed by atoms with van der Waals surface area (Å²) in [5.41, 5.74) is 7.20. The minimum absolute atomic E-state index is 0.267. The molecule has 0 fully saturated rings. The van der Waals surface area contributed by atoms with Crippen molar-refractivity contribution in [3.8, 4) is 5.75 Å². The van der Waals surface area contributed by atoms with Gasteiger partial charge in [-0.25, -0.2) is 4.39 Å². The first-order chi connectivity index (χ1) is 9.06. The number of thiocarbonyl (C=S) groups is 1. The summed E-state index contributed by atoms with van der Waals surface area (Å²) < 4.78 is 19.3. The number of ether oxygens (including phenoxy) is 1. The maximum absolute atomic E-state index is 12.8. The van der Waals surface area contributed by atoms with Crippen LogP contribution < -0.4 is 10.5 Å². The lowest BCUT2D eigenvalue weighted by Crippen LogP contribution is -2.11. The monoisotopic (exact) mass is 339 g/mol. The van der Waals surface area contributed by atoms with Crippen LogP contribution in [-0.2, 0) is 6.61 Å². The molecule has 0 spiro atoms. The van der Waals surface area contributed by atoms with E-state index in [1.807, 2.05) is 12.1 Å². The Balaban J connectivity index is 2.15. The van der Waals surface area contributed by atoms with Crippen LogP contribution in [0.1, 0.15) is 11.1 Å². The molecule has 0 heterocycles. The third-order valence-electron chi connectivity index (χ3n) is 2.51. The van der Waals surface area contributed by atoms with Crippen LogP contribution in [0.4, 0.5) is 4.39 Å². The van der Waals surface area contributed by atoms with Crippen molar-refractivity contribution in [2.75, 3.05) is 0 Å². The summed E-state index contributed by atoms with van der Waals surface area (Å²) in [4.78, 5) is 0.274. The molecule has 0 aliphatic rings. The third-order valence-corrected chi connectivity index (χ3v) is 3.23. The lowest BCUT2D eigenvalue weighted by Gasteiger charge is -2.11. The van der Waals surface area contributed by atoms with Gasteiger partial charge < -0.3 is 10.5 Å². The van der Waals surface area contributed by atoms with Crippen LogP contribution >= 0.6 is 28.1 Å². The average Bonchev–Trinajstić information content (AvgIpc) is 2.39. The molecule has 0 aliphatic heterocycles. The number of hydrogen-bond acceptors (Lipinski definition) is 2. The number of rotatable bonds is 4. The van der Waals surface area contributed by atoms with Gasteiger partial charge in [-0.2, -0.15) is 0 Å². The van der Waals surface area contributed by atoms with E-state index in [9.17, 15) is 4.39 Å². The highest BCUT2D eigenvalue weighted by molar-refractivity contribution is 9.10. The fourth-order valence-corrected chi connectivity index (χ4v) is 2.08. The first-order valence-corrected chi connectivity index (χ1v) is 6.73. The SMILES string of the molecule is NC(=S)c1cc(Br)ccc1OCc1ccc(F)cc1. The second kappa shape index (κ2) is 6.12. The normalized spacial score (nSPS) is 10.2. The summed E-state index contributed by atoms with van der Waals surface area (Å²) in [6.45, 7) is 0.331. The molecule has 19 heavy (non-hydrogen) atoms. The Labute approximate surface area is 124 Å². The second-order valence-corrected chi connectivity index (χ2v) is 5.28. The van der Waals surface area contributed by atoms with Crippen LogP contribution in [-0.4, -0.2) is 4.99 Å². The van der Waals surface area contributed by atoms with Gasteiger partial charge in [-0.3, -0.25) is 0 Å². The minimum atomic E-state index is -0.267. The van der Waals surface area contributed by atoms with E-state index < -0.39 is 0 Å². The third kappa shape index (κ3) is 3.75. The predicted octanol–water partition coefficient (Wildman–Crippen LogP) is 3.80. The van der Waals surface area contributed by atoms with E-state index >= 15 is 0 Å². The molecule has 0 radical (unpaired) electrons. The zero-order valence-electron chi connectivity index (χ0n) is 9.90. The topological polar surface area (TPSA) is 35.2 Å². The fourth-order valence-electron chi connectivity index (χ4n) is 1.56. The zero-order chi connectivity index (χ0) is 13.8. The summed E-state index contributed by atoms with van der Waals surface area (Å²) in [5, 5.41) is 0. The molecular formula is C14H11BrFNOS. The lowest BCUT2D eigenvalue weighted by atomic mass is 10.2. The first-order valence-electron chi connectivity index (χ1n) is 5.53. The molecule has 2 aromatic rings. The van der Waals surface area contributed by atoms with Crippen LogP contribution in [0.3, 0.4) is 0 Å². The van der Waals surface area contributed by atoms with E-state index in [-0.39, 0.29) is 10.8 Å². The van der Waals surface area contributed by atoms with E-state index in [0.717, 1.165) is 10.0 Å². The number of halogens is 2. The van der Waals surface area contributed by atoms with Gasteiger partial charge in [-0.1, -0.05) is 40.3 Å². The summed E-state index contributed by atoms with van der Waals surface area (Å²) in [6, 6.07) is 11.6. The molecule has 2 aromatic carbocycles. The van der Waals surface area contributed by atoms with Crippen molar-refractivity contribution in [3.63, 3.8) is 0 Å². The summed E-state index contributed by atoms with van der Waals surface area (Å²) >= 11 is 8.34. The van der Waals surface area contributed by atoms with E-state index in [0.29, 0.717) is 17.9 Å². The van der Waals surface area contributed by atoms with E-state index in [1.165, 1.54) is 12.1 Å². The minimum Gasteiger partial charge on any atom is -0.488 e. The van der Waals surface area contributed by atoms with Gasteiger partial charge >= 0.3 is 0 Å². The van der Waals surface area contributed by atoms with Gasteiger partial charge in [0.25, 0.3) is 0 Å².